The first-order valence-corrected chi connectivity index (χ1v) is 5.36. The molecule has 90 valence electrons. The van der Waals surface area contributed by atoms with E-state index in [9.17, 15) is 4.79 Å². The van der Waals surface area contributed by atoms with Gasteiger partial charge in [-0.1, -0.05) is 0 Å². The van der Waals surface area contributed by atoms with Gasteiger partial charge in [-0.2, -0.15) is 5.26 Å². The van der Waals surface area contributed by atoms with Gasteiger partial charge in [0.15, 0.2) is 0 Å². The number of nitriles is 1. The second-order valence-electron chi connectivity index (χ2n) is 4.75. The van der Waals surface area contributed by atoms with Crippen molar-refractivity contribution in [3.63, 3.8) is 0 Å². The highest BCUT2D eigenvalue weighted by Gasteiger charge is 2.36. The molecule has 1 aliphatic rings. The Bertz CT molecular complexity index is 309. The summed E-state index contributed by atoms with van der Waals surface area (Å²) in [6.07, 6.45) is -0.362. The molecule has 1 saturated heterocycles. The third-order valence-corrected chi connectivity index (χ3v) is 2.56. The molecular formula is C11H18N2O3. The Balaban J connectivity index is 2.74. The van der Waals surface area contributed by atoms with Crippen LogP contribution in [0.25, 0.3) is 0 Å². The van der Waals surface area contributed by atoms with E-state index in [0.29, 0.717) is 13.1 Å². The molecule has 1 N–H and O–H groups in total. The van der Waals surface area contributed by atoms with E-state index in [1.165, 1.54) is 0 Å². The summed E-state index contributed by atoms with van der Waals surface area (Å²) in [5, 5.41) is 17.8. The fourth-order valence-corrected chi connectivity index (χ4v) is 1.89. The van der Waals surface area contributed by atoms with E-state index in [1.807, 2.05) is 19.9 Å². The number of amides is 1. The van der Waals surface area contributed by atoms with Crippen molar-refractivity contribution in [2.24, 2.45) is 5.92 Å². The lowest BCUT2D eigenvalue weighted by molar-refractivity contribution is -0.168. The van der Waals surface area contributed by atoms with Gasteiger partial charge in [-0.3, -0.25) is 4.79 Å². The fraction of sp³-hybridized carbons (Fsp3) is 0.818. The monoisotopic (exact) mass is 226 g/mol. The zero-order chi connectivity index (χ0) is 12.3. The molecule has 1 fully saturated rings. The number of rotatable bonds is 2. The van der Waals surface area contributed by atoms with Crippen LogP contribution in [-0.4, -0.2) is 47.3 Å². The molecule has 0 spiro atoms. The second-order valence-corrected chi connectivity index (χ2v) is 4.75. The number of carbonyl (C=O) groups is 1. The van der Waals surface area contributed by atoms with Crippen LogP contribution in [0, 0.1) is 17.2 Å². The normalized spacial score (nSPS) is 25.9. The van der Waals surface area contributed by atoms with Crippen molar-refractivity contribution in [1.29, 1.82) is 5.26 Å². The Kier molecular flexibility index (Phi) is 3.89. The van der Waals surface area contributed by atoms with E-state index in [4.69, 9.17) is 15.1 Å². The second kappa shape index (κ2) is 4.81. The van der Waals surface area contributed by atoms with Gasteiger partial charge in [0.25, 0.3) is 0 Å². The molecule has 5 nitrogen and oxygen atoms in total. The Morgan fingerprint density at radius 2 is 2.38 bits per heavy atom. The van der Waals surface area contributed by atoms with Crippen molar-refractivity contribution < 1.29 is 14.6 Å². The maximum atomic E-state index is 11.8. The quantitative estimate of drug-likeness (QED) is 0.727. The number of hydrogen-bond acceptors (Lipinski definition) is 4. The van der Waals surface area contributed by atoms with Gasteiger partial charge in [0.05, 0.1) is 24.4 Å². The average molecular weight is 226 g/mol. The Hall–Kier alpha value is -1.12. The summed E-state index contributed by atoms with van der Waals surface area (Å²) in [6, 6.07) is 1.93. The molecule has 1 amide bonds. The molecule has 0 aromatic rings. The molecule has 1 heterocycles. The van der Waals surface area contributed by atoms with E-state index in [1.54, 1.807) is 11.8 Å². The molecule has 1 rings (SSSR count). The molecule has 0 aliphatic carbocycles. The van der Waals surface area contributed by atoms with Crippen molar-refractivity contribution in [3.8, 4) is 6.07 Å². The summed E-state index contributed by atoms with van der Waals surface area (Å²) in [5.41, 5.74) is -0.476. The van der Waals surface area contributed by atoms with Crippen molar-refractivity contribution in [3.05, 3.63) is 0 Å². The zero-order valence-electron chi connectivity index (χ0n) is 9.93. The van der Waals surface area contributed by atoms with Crippen LogP contribution in [0.3, 0.4) is 0 Å². The first kappa shape index (κ1) is 12.9. The maximum Gasteiger partial charge on any atom is 0.239 e. The number of carbonyl (C=O) groups excluding carboxylic acids is 1. The van der Waals surface area contributed by atoms with Gasteiger partial charge in [0.1, 0.15) is 5.92 Å². The number of nitrogens with zero attached hydrogens (tertiary/aromatic N) is 2. The van der Waals surface area contributed by atoms with Crippen LogP contribution in [-0.2, 0) is 9.53 Å². The highest BCUT2D eigenvalue weighted by atomic mass is 16.5. The van der Waals surface area contributed by atoms with E-state index >= 15 is 0 Å². The molecule has 16 heavy (non-hydrogen) atoms. The molecule has 1 aliphatic heterocycles. The Morgan fingerprint density at radius 3 is 2.88 bits per heavy atom. The predicted molar refractivity (Wildman–Crippen MR) is 57.4 cm³/mol. The Labute approximate surface area is 95.6 Å². The lowest BCUT2D eigenvalue weighted by Crippen LogP contribution is -2.56. The van der Waals surface area contributed by atoms with Crippen LogP contribution >= 0.6 is 0 Å². The summed E-state index contributed by atoms with van der Waals surface area (Å²) in [5.74, 6) is -0.842. The van der Waals surface area contributed by atoms with Crippen molar-refractivity contribution in [2.45, 2.75) is 32.5 Å². The van der Waals surface area contributed by atoms with Crippen LogP contribution < -0.4 is 0 Å². The smallest absolute Gasteiger partial charge is 0.239 e. The number of aliphatic hydroxyl groups is 1. The van der Waals surface area contributed by atoms with Crippen LogP contribution in [0.15, 0.2) is 0 Å². The van der Waals surface area contributed by atoms with Crippen molar-refractivity contribution in [2.75, 3.05) is 19.7 Å². The van der Waals surface area contributed by atoms with E-state index < -0.39 is 11.5 Å². The van der Waals surface area contributed by atoms with Crippen molar-refractivity contribution >= 4 is 5.91 Å². The first-order valence-electron chi connectivity index (χ1n) is 5.36. The molecule has 0 bridgehead atoms. The summed E-state index contributed by atoms with van der Waals surface area (Å²) >= 11 is 0. The first-order chi connectivity index (χ1) is 7.39. The topological polar surface area (TPSA) is 73.6 Å². The van der Waals surface area contributed by atoms with Crippen LogP contribution in [0.2, 0.25) is 0 Å². The summed E-state index contributed by atoms with van der Waals surface area (Å²) in [7, 11) is 0. The molecular weight excluding hydrogens is 208 g/mol. The molecule has 5 heteroatoms. The van der Waals surface area contributed by atoms with Gasteiger partial charge < -0.3 is 14.7 Å². The maximum absolute atomic E-state index is 11.8. The predicted octanol–water partition coefficient (Wildman–Crippen LogP) is 0.144. The molecule has 2 unspecified atom stereocenters. The van der Waals surface area contributed by atoms with Gasteiger partial charge in [0.2, 0.25) is 5.91 Å². The molecule has 0 saturated carbocycles. The van der Waals surface area contributed by atoms with Crippen LogP contribution in [0.4, 0.5) is 0 Å². The number of ether oxygens (including phenoxy) is 1. The number of hydrogen-bond donors (Lipinski definition) is 1. The molecule has 0 radical (unpaired) electrons. The minimum absolute atomic E-state index is 0.117. The molecule has 0 aromatic heterocycles. The van der Waals surface area contributed by atoms with Gasteiger partial charge in [-0.15, -0.1) is 0 Å². The fourth-order valence-electron chi connectivity index (χ4n) is 1.89. The van der Waals surface area contributed by atoms with Gasteiger partial charge in [-0.05, 0) is 20.8 Å². The van der Waals surface area contributed by atoms with Gasteiger partial charge in [-0.25, -0.2) is 0 Å². The summed E-state index contributed by atoms with van der Waals surface area (Å²) < 4.78 is 5.59. The third kappa shape index (κ3) is 2.94. The largest absolute Gasteiger partial charge is 0.394 e. The van der Waals surface area contributed by atoms with E-state index in [2.05, 4.69) is 0 Å². The highest BCUT2D eigenvalue weighted by Crippen LogP contribution is 2.22. The summed E-state index contributed by atoms with van der Waals surface area (Å²) in [4.78, 5) is 13.4. The van der Waals surface area contributed by atoms with E-state index in [-0.39, 0.29) is 18.6 Å². The lowest BCUT2D eigenvalue weighted by Gasteiger charge is -2.42. The minimum Gasteiger partial charge on any atom is -0.394 e. The van der Waals surface area contributed by atoms with E-state index in [0.717, 1.165) is 0 Å². The third-order valence-electron chi connectivity index (χ3n) is 2.56. The zero-order valence-corrected chi connectivity index (χ0v) is 9.93. The Morgan fingerprint density at radius 1 is 1.75 bits per heavy atom. The molecule has 0 aromatic carbocycles. The summed E-state index contributed by atoms with van der Waals surface area (Å²) in [6.45, 7) is 6.00. The van der Waals surface area contributed by atoms with Crippen LogP contribution in [0.5, 0.6) is 0 Å². The van der Waals surface area contributed by atoms with Gasteiger partial charge >= 0.3 is 0 Å². The number of morpholine rings is 1. The van der Waals surface area contributed by atoms with Crippen molar-refractivity contribution in [1.82, 2.24) is 4.90 Å². The standard InChI is InChI=1S/C11H18N2O3/c1-8(4-12)10(15)13-5-9(6-14)16-11(2,3)7-13/h8-9,14H,5-7H2,1-3H3. The lowest BCUT2D eigenvalue weighted by atomic mass is 10.0. The highest BCUT2D eigenvalue weighted by molar-refractivity contribution is 5.81. The SMILES string of the molecule is CC(C#N)C(=O)N1CC(CO)OC(C)(C)C1. The average Bonchev–Trinajstić information content (AvgIpc) is 2.24. The molecule has 2 atom stereocenters. The minimum atomic E-state index is -0.645. The van der Waals surface area contributed by atoms with Gasteiger partial charge in [0, 0.05) is 13.1 Å². The number of aliphatic hydroxyl groups excluding tert-OH is 1. The van der Waals surface area contributed by atoms with Crippen LogP contribution in [0.1, 0.15) is 20.8 Å².